The number of rotatable bonds is 21. The van der Waals surface area contributed by atoms with E-state index < -0.39 is 96.6 Å². The molecule has 3 aliphatic heterocycles. The van der Waals surface area contributed by atoms with Gasteiger partial charge in [0.15, 0.2) is 36.2 Å². The van der Waals surface area contributed by atoms with E-state index >= 15 is 0 Å². The fraction of sp³-hybridized carbons (Fsp3) is 0.878. The lowest BCUT2D eigenvalue weighted by Crippen LogP contribution is -2.57. The molecule has 3 heterocycles. The SMILES string of the molecule is CCC(=O)O[C@H](C)[C@H](C)[C@@H](OC(C)=O)[C@@H](C)C(=O)[C@@]1(C[C@@H](C)[C@H](O[C@@H]2O[C@H](C)C[C@H](N(C)C)[C@H]2OC(C)=O)[C@@H](C)CO[C@H]2C[C@H](OC)[C@@H](OC(C)=O)[C@H](C)O2)CO1. The zero-order valence-electron chi connectivity index (χ0n) is 36.5. The number of methoxy groups -OCH3 is 1. The van der Waals surface area contributed by atoms with Gasteiger partial charge < -0.3 is 52.3 Å². The number of likely N-dealkylation sites (N-methyl/N-ethyl adjacent to an activating group) is 1. The van der Waals surface area contributed by atoms with E-state index in [9.17, 15) is 24.0 Å². The van der Waals surface area contributed by atoms with Crippen LogP contribution in [0.15, 0.2) is 0 Å². The van der Waals surface area contributed by atoms with Crippen molar-refractivity contribution >= 4 is 29.7 Å². The Morgan fingerprint density at radius 2 is 1.44 bits per heavy atom. The molecule has 16 nitrogen and oxygen atoms in total. The molecule has 0 saturated carbocycles. The molecule has 57 heavy (non-hydrogen) atoms. The van der Waals surface area contributed by atoms with E-state index in [1.165, 1.54) is 20.8 Å². The highest BCUT2D eigenvalue weighted by Crippen LogP contribution is 2.42. The first-order valence-electron chi connectivity index (χ1n) is 20.3. The van der Waals surface area contributed by atoms with Crippen molar-refractivity contribution in [3.8, 4) is 0 Å². The van der Waals surface area contributed by atoms with Gasteiger partial charge in [-0.1, -0.05) is 34.6 Å². The lowest BCUT2D eigenvalue weighted by atomic mass is 9.78. The number of Topliss-reactive ketones (excluding diaryl/α,β-unsaturated/α-hetero) is 1. The molecular formula is C41H69NO15. The Hall–Kier alpha value is -2.73. The summed E-state index contributed by atoms with van der Waals surface area (Å²) in [7, 11) is 5.37. The number of esters is 4. The molecule has 0 amide bonds. The molecule has 3 aliphatic rings. The molecule has 0 aromatic carbocycles. The fourth-order valence-electron chi connectivity index (χ4n) is 8.16. The van der Waals surface area contributed by atoms with Gasteiger partial charge in [-0.05, 0) is 53.6 Å². The number of hydrogen-bond acceptors (Lipinski definition) is 16. The molecule has 0 unspecified atom stereocenters. The van der Waals surface area contributed by atoms with Gasteiger partial charge in [0.25, 0.3) is 0 Å². The Kier molecular flexibility index (Phi) is 18.3. The van der Waals surface area contributed by atoms with E-state index in [4.69, 9.17) is 47.4 Å². The lowest BCUT2D eigenvalue weighted by molar-refractivity contribution is -0.290. The summed E-state index contributed by atoms with van der Waals surface area (Å²) in [5.74, 6) is -4.06. The molecule has 0 spiro atoms. The topological polar surface area (TPSA) is 184 Å². The first-order chi connectivity index (χ1) is 26.6. The molecule has 0 aromatic heterocycles. The summed E-state index contributed by atoms with van der Waals surface area (Å²) < 4.78 is 59.8. The third-order valence-electron chi connectivity index (χ3n) is 11.4. The van der Waals surface area contributed by atoms with Gasteiger partial charge in [-0.2, -0.15) is 0 Å². The molecule has 0 aromatic rings. The Bertz CT molecular complexity index is 1350. The van der Waals surface area contributed by atoms with Gasteiger partial charge >= 0.3 is 23.9 Å². The van der Waals surface area contributed by atoms with Crippen LogP contribution in [-0.4, -0.2) is 142 Å². The molecule has 328 valence electrons. The number of nitrogens with zero attached hydrogens (tertiary/aromatic N) is 1. The monoisotopic (exact) mass is 815 g/mol. The lowest BCUT2D eigenvalue weighted by Gasteiger charge is -2.45. The number of carbonyl (C=O) groups is 5. The van der Waals surface area contributed by atoms with Crippen LogP contribution in [0.1, 0.15) is 102 Å². The molecule has 0 N–H and O–H groups in total. The van der Waals surface area contributed by atoms with Gasteiger partial charge in [-0.25, -0.2) is 0 Å². The first kappa shape index (κ1) is 48.6. The average Bonchev–Trinajstić information content (AvgIpc) is 3.92. The molecule has 0 aliphatic carbocycles. The van der Waals surface area contributed by atoms with Crippen molar-refractivity contribution in [2.45, 2.75) is 175 Å². The maximum Gasteiger partial charge on any atom is 0.305 e. The zero-order chi connectivity index (χ0) is 42.9. The highest BCUT2D eigenvalue weighted by Gasteiger charge is 2.57. The van der Waals surface area contributed by atoms with Gasteiger partial charge in [0.2, 0.25) is 0 Å². The van der Waals surface area contributed by atoms with Crippen molar-refractivity contribution in [1.29, 1.82) is 0 Å². The predicted octanol–water partition coefficient (Wildman–Crippen LogP) is 4.01. The van der Waals surface area contributed by atoms with Crippen LogP contribution >= 0.6 is 0 Å². The number of ketones is 1. The van der Waals surface area contributed by atoms with Crippen LogP contribution in [0, 0.1) is 23.7 Å². The second-order valence-electron chi connectivity index (χ2n) is 16.5. The van der Waals surface area contributed by atoms with E-state index in [1.807, 2.05) is 39.8 Å². The molecule has 16 atom stereocenters. The minimum Gasteiger partial charge on any atom is -0.462 e. The normalized spacial score (nSPS) is 32.5. The second kappa shape index (κ2) is 21.5. The van der Waals surface area contributed by atoms with Gasteiger partial charge in [0, 0.05) is 52.6 Å². The van der Waals surface area contributed by atoms with Gasteiger partial charge in [0.1, 0.15) is 18.3 Å². The maximum absolute atomic E-state index is 14.4. The van der Waals surface area contributed by atoms with Crippen molar-refractivity contribution < 1.29 is 71.3 Å². The Balaban J connectivity index is 1.89. The van der Waals surface area contributed by atoms with E-state index in [1.54, 1.807) is 41.7 Å². The molecule has 3 fully saturated rings. The van der Waals surface area contributed by atoms with Gasteiger partial charge in [-0.3, -0.25) is 24.0 Å². The van der Waals surface area contributed by atoms with E-state index in [0.717, 1.165) is 0 Å². The van der Waals surface area contributed by atoms with Gasteiger partial charge in [0.05, 0.1) is 43.5 Å². The van der Waals surface area contributed by atoms with Crippen LogP contribution < -0.4 is 0 Å². The smallest absolute Gasteiger partial charge is 0.305 e. The Morgan fingerprint density at radius 3 is 1.96 bits per heavy atom. The number of carbonyl (C=O) groups excluding carboxylic acids is 5. The van der Waals surface area contributed by atoms with Crippen LogP contribution in [0.5, 0.6) is 0 Å². The minimum absolute atomic E-state index is 0.158. The summed E-state index contributed by atoms with van der Waals surface area (Å²) in [6.45, 7) is 18.8. The van der Waals surface area contributed by atoms with Crippen LogP contribution in [0.25, 0.3) is 0 Å². The maximum atomic E-state index is 14.4. The average molecular weight is 816 g/mol. The van der Waals surface area contributed by atoms with E-state index in [0.29, 0.717) is 12.8 Å². The van der Waals surface area contributed by atoms with Crippen molar-refractivity contribution in [3.05, 3.63) is 0 Å². The second-order valence-corrected chi connectivity index (χ2v) is 16.5. The fourth-order valence-corrected chi connectivity index (χ4v) is 8.16. The number of ether oxygens (including phenoxy) is 10. The van der Waals surface area contributed by atoms with Gasteiger partial charge in [-0.15, -0.1) is 0 Å². The molecule has 3 rings (SSSR count). The van der Waals surface area contributed by atoms with E-state index in [2.05, 4.69) is 0 Å². The highest BCUT2D eigenvalue weighted by molar-refractivity contribution is 5.92. The molecule has 0 bridgehead atoms. The Morgan fingerprint density at radius 1 is 0.825 bits per heavy atom. The number of hydrogen-bond donors (Lipinski definition) is 0. The van der Waals surface area contributed by atoms with Crippen molar-refractivity contribution in [1.82, 2.24) is 4.90 Å². The van der Waals surface area contributed by atoms with Crippen molar-refractivity contribution in [3.63, 3.8) is 0 Å². The highest BCUT2D eigenvalue weighted by atomic mass is 16.7. The largest absolute Gasteiger partial charge is 0.462 e. The summed E-state index contributed by atoms with van der Waals surface area (Å²) >= 11 is 0. The standard InChI is InChI=1S/C41H69NO15/c1-15-33(46)52-26(7)24(5)36(54-28(9)43)25(6)39(47)41(20-50-41)18-21(2)35(57-40-38(56-30(11)45)31(42(12)13)16-23(4)51-40)22(3)19-49-34-17-32(48-14)37(27(8)53-34)55-29(10)44/h21-27,31-32,34-38,40H,15-20H2,1-14H3/t21-,22+,23-,24+,25-,26-,27+,31+,32+,34-,35+,36-,37+,38-,40+,41-/m1/s1. The summed E-state index contributed by atoms with van der Waals surface area (Å²) in [5, 5.41) is 0. The van der Waals surface area contributed by atoms with Crippen LogP contribution in [0.3, 0.4) is 0 Å². The minimum atomic E-state index is -1.19. The molecular weight excluding hydrogens is 746 g/mol. The summed E-state index contributed by atoms with van der Waals surface area (Å²) in [4.78, 5) is 64.9. The van der Waals surface area contributed by atoms with Crippen molar-refractivity contribution in [2.75, 3.05) is 34.4 Å². The molecule has 16 heteroatoms. The van der Waals surface area contributed by atoms with E-state index in [-0.39, 0.29) is 55.8 Å². The third-order valence-corrected chi connectivity index (χ3v) is 11.4. The molecule has 3 saturated heterocycles. The van der Waals surface area contributed by atoms with Crippen LogP contribution in [0.4, 0.5) is 0 Å². The Labute approximate surface area is 338 Å². The summed E-state index contributed by atoms with van der Waals surface area (Å²) in [6.07, 6.45) is -4.89. The number of epoxide rings is 1. The first-order valence-corrected chi connectivity index (χ1v) is 20.3. The quantitative estimate of drug-likeness (QED) is 0.0919. The van der Waals surface area contributed by atoms with Crippen molar-refractivity contribution in [2.24, 2.45) is 23.7 Å². The summed E-state index contributed by atoms with van der Waals surface area (Å²) in [5.41, 5.74) is -1.19. The summed E-state index contributed by atoms with van der Waals surface area (Å²) in [6, 6.07) is -0.196. The third kappa shape index (κ3) is 13.4. The predicted molar refractivity (Wildman–Crippen MR) is 204 cm³/mol. The van der Waals surface area contributed by atoms with Crippen LogP contribution in [-0.2, 0) is 71.3 Å². The van der Waals surface area contributed by atoms with Crippen LogP contribution in [0.2, 0.25) is 0 Å². The zero-order valence-corrected chi connectivity index (χ0v) is 36.5. The molecule has 0 radical (unpaired) electrons.